The van der Waals surface area contributed by atoms with Crippen LogP contribution in [0.5, 0.6) is 0 Å². The van der Waals surface area contributed by atoms with Gasteiger partial charge in [0.25, 0.3) is 5.91 Å². The van der Waals surface area contributed by atoms with Crippen molar-refractivity contribution in [1.29, 1.82) is 0 Å². The van der Waals surface area contributed by atoms with E-state index < -0.39 is 10.0 Å². The molecular formula is C18H26N2O3S. The van der Waals surface area contributed by atoms with Crippen LogP contribution in [-0.2, 0) is 16.6 Å². The molecule has 6 heteroatoms. The number of rotatable bonds is 9. The first-order chi connectivity index (χ1) is 11.5. The molecule has 0 saturated heterocycles. The third kappa shape index (κ3) is 4.57. The first kappa shape index (κ1) is 17.4. The fourth-order valence-corrected chi connectivity index (χ4v) is 4.60. The summed E-state index contributed by atoms with van der Waals surface area (Å²) in [7, 11) is -3.20. The molecule has 2 aliphatic carbocycles. The molecule has 5 nitrogen and oxygen atoms in total. The molecule has 0 heterocycles. The Morgan fingerprint density at radius 2 is 1.83 bits per heavy atom. The van der Waals surface area contributed by atoms with Crippen LogP contribution in [0.15, 0.2) is 24.3 Å². The van der Waals surface area contributed by atoms with Crippen LogP contribution in [0, 0.1) is 0 Å². The predicted octanol–water partition coefficient (Wildman–Crippen LogP) is 2.67. The highest BCUT2D eigenvalue weighted by Crippen LogP contribution is 2.31. The average Bonchev–Trinajstić information content (AvgIpc) is 3.45. The van der Waals surface area contributed by atoms with Gasteiger partial charge in [0.05, 0.1) is 5.75 Å². The highest BCUT2D eigenvalue weighted by molar-refractivity contribution is 7.89. The van der Waals surface area contributed by atoms with Gasteiger partial charge in [0.1, 0.15) is 0 Å². The van der Waals surface area contributed by atoms with Crippen LogP contribution in [0.4, 0.5) is 0 Å². The van der Waals surface area contributed by atoms with E-state index in [1.54, 1.807) is 16.4 Å². The van der Waals surface area contributed by atoms with Gasteiger partial charge in [0.2, 0.25) is 10.0 Å². The smallest absolute Gasteiger partial charge is 0.251 e. The third-order valence-corrected chi connectivity index (χ3v) is 6.48. The molecular weight excluding hydrogens is 324 g/mol. The summed E-state index contributed by atoms with van der Waals surface area (Å²) in [5.74, 6) is 0.181. The maximum Gasteiger partial charge on any atom is 0.251 e. The normalized spacial score (nSPS) is 17.9. The Morgan fingerprint density at radius 1 is 1.17 bits per heavy atom. The number of nitrogens with one attached hydrogen (secondary N) is 1. The largest absolute Gasteiger partial charge is 0.349 e. The summed E-state index contributed by atoms with van der Waals surface area (Å²) in [5, 5.41) is 2.96. The van der Waals surface area contributed by atoms with E-state index in [0.29, 0.717) is 24.6 Å². The highest BCUT2D eigenvalue weighted by Gasteiger charge is 2.36. The zero-order valence-electron chi connectivity index (χ0n) is 14.2. The van der Waals surface area contributed by atoms with Crippen molar-refractivity contribution in [2.75, 3.05) is 5.75 Å². The van der Waals surface area contributed by atoms with Crippen LogP contribution in [0.25, 0.3) is 0 Å². The molecule has 132 valence electrons. The van der Waals surface area contributed by atoms with Gasteiger partial charge < -0.3 is 5.32 Å². The fraction of sp³-hybridized carbons (Fsp3) is 0.611. The first-order valence-electron chi connectivity index (χ1n) is 8.89. The highest BCUT2D eigenvalue weighted by atomic mass is 32.2. The molecule has 0 aliphatic heterocycles. The van der Waals surface area contributed by atoms with Crippen LogP contribution in [-0.4, -0.2) is 36.5 Å². The summed E-state index contributed by atoms with van der Waals surface area (Å²) in [6.07, 6.45) is 5.61. The standard InChI is InChI=1S/C18H26N2O3S/c1-2-3-12-24(22,23)20(17-10-11-17)13-14-4-6-15(7-5-14)18(21)19-16-8-9-16/h4-7,16-17H,2-3,8-13H2,1H3,(H,19,21). The van der Waals surface area contributed by atoms with E-state index in [9.17, 15) is 13.2 Å². The lowest BCUT2D eigenvalue weighted by atomic mass is 10.1. The maximum atomic E-state index is 12.5. The number of carbonyl (C=O) groups excluding carboxylic acids is 1. The van der Waals surface area contributed by atoms with Gasteiger partial charge in [-0.15, -0.1) is 0 Å². The van der Waals surface area contributed by atoms with E-state index >= 15 is 0 Å². The molecule has 0 spiro atoms. The van der Waals surface area contributed by atoms with Crippen LogP contribution in [0.3, 0.4) is 0 Å². The number of unbranched alkanes of at least 4 members (excludes halogenated alkanes) is 1. The Hall–Kier alpha value is -1.40. The molecule has 0 radical (unpaired) electrons. The Kier molecular flexibility index (Phi) is 5.25. The van der Waals surface area contributed by atoms with Gasteiger partial charge in [-0.05, 0) is 49.8 Å². The molecule has 1 aromatic carbocycles. The Balaban J connectivity index is 1.65. The van der Waals surface area contributed by atoms with Crippen molar-refractivity contribution in [3.63, 3.8) is 0 Å². The van der Waals surface area contributed by atoms with Crippen LogP contribution >= 0.6 is 0 Å². The molecule has 0 atom stereocenters. The van der Waals surface area contributed by atoms with Crippen LogP contribution < -0.4 is 5.32 Å². The zero-order valence-corrected chi connectivity index (χ0v) is 15.0. The van der Waals surface area contributed by atoms with Gasteiger partial charge in [-0.25, -0.2) is 8.42 Å². The zero-order chi connectivity index (χ0) is 17.2. The molecule has 0 aromatic heterocycles. The monoisotopic (exact) mass is 350 g/mol. The summed E-state index contributed by atoms with van der Waals surface area (Å²) in [6, 6.07) is 7.81. The minimum atomic E-state index is -3.20. The lowest BCUT2D eigenvalue weighted by molar-refractivity contribution is 0.0951. The number of sulfonamides is 1. The number of benzene rings is 1. The van der Waals surface area contributed by atoms with Crippen molar-refractivity contribution in [2.24, 2.45) is 0 Å². The summed E-state index contributed by atoms with van der Waals surface area (Å²) < 4.78 is 26.7. The quantitative estimate of drug-likeness (QED) is 0.744. The van der Waals surface area contributed by atoms with Gasteiger partial charge in [0, 0.05) is 24.2 Å². The second-order valence-electron chi connectivity index (χ2n) is 6.89. The SMILES string of the molecule is CCCCS(=O)(=O)N(Cc1ccc(C(=O)NC2CC2)cc1)C1CC1. The van der Waals surface area contributed by atoms with Crippen molar-refractivity contribution in [3.05, 3.63) is 35.4 Å². The molecule has 0 bridgehead atoms. The van der Waals surface area contributed by atoms with Crippen LogP contribution in [0.2, 0.25) is 0 Å². The number of nitrogens with zero attached hydrogens (tertiary/aromatic N) is 1. The summed E-state index contributed by atoms with van der Waals surface area (Å²) in [5.41, 5.74) is 1.57. The van der Waals surface area contributed by atoms with E-state index in [1.807, 2.05) is 19.1 Å². The lowest BCUT2D eigenvalue weighted by Crippen LogP contribution is -2.34. The minimum Gasteiger partial charge on any atom is -0.349 e. The lowest BCUT2D eigenvalue weighted by Gasteiger charge is -2.22. The van der Waals surface area contributed by atoms with Crippen molar-refractivity contribution >= 4 is 15.9 Å². The molecule has 2 aliphatic rings. The van der Waals surface area contributed by atoms with E-state index in [1.165, 1.54) is 0 Å². The average molecular weight is 350 g/mol. The van der Waals surface area contributed by atoms with Gasteiger partial charge in [-0.3, -0.25) is 4.79 Å². The number of carbonyl (C=O) groups is 1. The van der Waals surface area contributed by atoms with Crippen LogP contribution in [0.1, 0.15) is 61.4 Å². The Bertz CT molecular complexity index is 677. The van der Waals surface area contributed by atoms with Gasteiger partial charge >= 0.3 is 0 Å². The minimum absolute atomic E-state index is 0.0429. The predicted molar refractivity (Wildman–Crippen MR) is 94.2 cm³/mol. The summed E-state index contributed by atoms with van der Waals surface area (Å²) in [4.78, 5) is 12.0. The van der Waals surface area contributed by atoms with Crippen molar-refractivity contribution < 1.29 is 13.2 Å². The topological polar surface area (TPSA) is 66.5 Å². The van der Waals surface area contributed by atoms with Crippen molar-refractivity contribution in [2.45, 2.75) is 64.1 Å². The second-order valence-corrected chi connectivity index (χ2v) is 8.93. The molecule has 2 saturated carbocycles. The summed E-state index contributed by atoms with van der Waals surface area (Å²) >= 11 is 0. The number of amides is 1. The van der Waals surface area contributed by atoms with E-state index in [-0.39, 0.29) is 17.7 Å². The summed E-state index contributed by atoms with van der Waals surface area (Å²) in [6.45, 7) is 2.41. The van der Waals surface area contributed by atoms with Gasteiger partial charge in [-0.2, -0.15) is 4.31 Å². The first-order valence-corrected chi connectivity index (χ1v) is 10.5. The Labute approximate surface area is 144 Å². The van der Waals surface area contributed by atoms with Crippen molar-refractivity contribution in [3.8, 4) is 0 Å². The number of hydrogen-bond donors (Lipinski definition) is 1. The van der Waals surface area contributed by atoms with Gasteiger partial charge in [-0.1, -0.05) is 25.5 Å². The second kappa shape index (κ2) is 7.23. The molecule has 0 unspecified atom stereocenters. The molecule has 3 rings (SSSR count). The van der Waals surface area contributed by atoms with E-state index in [4.69, 9.17) is 0 Å². The molecule has 1 N–H and O–H groups in total. The third-order valence-electron chi connectivity index (χ3n) is 4.53. The van der Waals surface area contributed by atoms with Gasteiger partial charge in [0.15, 0.2) is 0 Å². The molecule has 2 fully saturated rings. The van der Waals surface area contributed by atoms with E-state index in [2.05, 4.69) is 5.32 Å². The Morgan fingerprint density at radius 3 is 2.38 bits per heavy atom. The molecule has 24 heavy (non-hydrogen) atoms. The molecule has 1 amide bonds. The fourth-order valence-electron chi connectivity index (χ4n) is 2.70. The van der Waals surface area contributed by atoms with E-state index in [0.717, 1.165) is 37.7 Å². The number of hydrogen-bond acceptors (Lipinski definition) is 3. The van der Waals surface area contributed by atoms with Crippen molar-refractivity contribution in [1.82, 2.24) is 9.62 Å². The maximum absolute atomic E-state index is 12.5. The molecule has 1 aromatic rings.